The van der Waals surface area contributed by atoms with Crippen molar-refractivity contribution in [2.24, 2.45) is 5.92 Å². The molecule has 0 aromatic carbocycles. The summed E-state index contributed by atoms with van der Waals surface area (Å²) in [6, 6.07) is 2.05. The molecule has 0 bridgehead atoms. The van der Waals surface area contributed by atoms with Gasteiger partial charge in [0.2, 0.25) is 0 Å². The Labute approximate surface area is 152 Å². The van der Waals surface area contributed by atoms with E-state index in [0.717, 1.165) is 36.0 Å². The molecule has 1 aliphatic rings. The number of rotatable bonds is 4. The predicted molar refractivity (Wildman–Crippen MR) is 96.7 cm³/mol. The number of halogens is 2. The van der Waals surface area contributed by atoms with Crippen LogP contribution in [0.3, 0.4) is 0 Å². The highest BCUT2D eigenvalue weighted by Gasteiger charge is 2.29. The second-order valence-electron chi connectivity index (χ2n) is 6.99. The topological polar surface area (TPSA) is 41.6 Å². The van der Waals surface area contributed by atoms with Gasteiger partial charge in [-0.15, -0.1) is 11.3 Å². The Kier molecular flexibility index (Phi) is 6.22. The van der Waals surface area contributed by atoms with Gasteiger partial charge < -0.3 is 15.0 Å². The van der Waals surface area contributed by atoms with E-state index in [2.05, 4.69) is 12.2 Å². The van der Waals surface area contributed by atoms with E-state index in [1.54, 1.807) is 4.90 Å². The number of hydrogen-bond donors (Lipinski definition) is 1. The molecule has 1 saturated heterocycles. The average molecular weight is 379 g/mol. The fourth-order valence-electron chi connectivity index (χ4n) is 2.59. The minimum atomic E-state index is -0.448. The zero-order chi connectivity index (χ0) is 17.2. The highest BCUT2D eigenvalue weighted by Crippen LogP contribution is 2.35. The monoisotopic (exact) mass is 378 g/mol. The van der Waals surface area contributed by atoms with Crippen LogP contribution in [0, 0.1) is 5.92 Å². The molecule has 0 spiro atoms. The first-order chi connectivity index (χ1) is 10.7. The van der Waals surface area contributed by atoms with Crippen molar-refractivity contribution < 1.29 is 9.53 Å². The summed E-state index contributed by atoms with van der Waals surface area (Å²) in [5.74, 6) is 0.429. The molecule has 1 aromatic rings. The van der Waals surface area contributed by atoms with Gasteiger partial charge in [-0.1, -0.05) is 23.2 Å². The third-order valence-electron chi connectivity index (χ3n) is 3.80. The second-order valence-corrected chi connectivity index (χ2v) is 9.28. The Morgan fingerprint density at radius 2 is 2.22 bits per heavy atom. The molecular weight excluding hydrogens is 355 g/mol. The van der Waals surface area contributed by atoms with Gasteiger partial charge in [0.25, 0.3) is 0 Å². The number of carbonyl (C=O) groups is 1. The van der Waals surface area contributed by atoms with Crippen molar-refractivity contribution in [1.82, 2.24) is 10.2 Å². The van der Waals surface area contributed by atoms with Crippen molar-refractivity contribution in [3.63, 3.8) is 0 Å². The summed E-state index contributed by atoms with van der Waals surface area (Å²) in [5, 5.41) is 3.49. The summed E-state index contributed by atoms with van der Waals surface area (Å²) in [6.07, 6.45) is 0.762. The van der Waals surface area contributed by atoms with E-state index < -0.39 is 5.60 Å². The standard InChI is InChI=1S/C16H24Cl2N2O2S/c1-10(12-7-13(17)23-14(12)18)19-8-11-5-6-20(9-11)15(21)22-16(2,3)4/h7,10-11,19H,5-6,8-9H2,1-4H3. The molecule has 2 heterocycles. The van der Waals surface area contributed by atoms with E-state index >= 15 is 0 Å². The third-order valence-corrected chi connectivity index (χ3v) is 5.32. The van der Waals surface area contributed by atoms with Gasteiger partial charge >= 0.3 is 6.09 Å². The van der Waals surface area contributed by atoms with Crippen LogP contribution in [0.5, 0.6) is 0 Å². The number of hydrogen-bond acceptors (Lipinski definition) is 4. The number of nitrogens with zero attached hydrogens (tertiary/aromatic N) is 1. The maximum atomic E-state index is 12.1. The average Bonchev–Trinajstić information content (AvgIpc) is 3.00. The summed E-state index contributed by atoms with van der Waals surface area (Å²) in [6.45, 7) is 10.1. The first kappa shape index (κ1) is 18.8. The molecule has 1 fully saturated rings. The summed E-state index contributed by atoms with van der Waals surface area (Å²) in [4.78, 5) is 13.9. The first-order valence-electron chi connectivity index (χ1n) is 7.81. The van der Waals surface area contributed by atoms with Crippen molar-refractivity contribution >= 4 is 40.6 Å². The molecule has 1 N–H and O–H groups in total. The molecule has 23 heavy (non-hydrogen) atoms. The number of nitrogens with one attached hydrogen (secondary N) is 1. The maximum absolute atomic E-state index is 12.1. The summed E-state index contributed by atoms with van der Waals surface area (Å²) in [5.41, 5.74) is 0.584. The molecule has 1 aliphatic heterocycles. The fraction of sp³-hybridized carbons (Fsp3) is 0.688. The third kappa shape index (κ3) is 5.52. The van der Waals surface area contributed by atoms with Gasteiger partial charge in [-0.05, 0) is 51.7 Å². The lowest BCUT2D eigenvalue weighted by Gasteiger charge is -2.24. The highest BCUT2D eigenvalue weighted by molar-refractivity contribution is 7.20. The maximum Gasteiger partial charge on any atom is 0.410 e. The van der Waals surface area contributed by atoms with Crippen LogP contribution in [0.15, 0.2) is 6.07 Å². The number of amides is 1. The zero-order valence-corrected chi connectivity index (χ0v) is 16.3. The summed E-state index contributed by atoms with van der Waals surface area (Å²) in [7, 11) is 0. The second kappa shape index (κ2) is 7.60. The molecule has 130 valence electrons. The van der Waals surface area contributed by atoms with E-state index in [1.165, 1.54) is 11.3 Å². The SMILES string of the molecule is CC(NCC1CCN(C(=O)OC(C)(C)C)C1)c1cc(Cl)sc1Cl. The van der Waals surface area contributed by atoms with E-state index in [1.807, 2.05) is 26.8 Å². The molecule has 7 heteroatoms. The van der Waals surface area contributed by atoms with E-state index in [4.69, 9.17) is 27.9 Å². The largest absolute Gasteiger partial charge is 0.444 e. The van der Waals surface area contributed by atoms with Crippen molar-refractivity contribution in [2.45, 2.75) is 45.8 Å². The molecule has 1 aromatic heterocycles. The molecule has 2 unspecified atom stereocenters. The Morgan fingerprint density at radius 1 is 1.52 bits per heavy atom. The molecule has 0 aliphatic carbocycles. The Hall–Kier alpha value is -0.490. The van der Waals surface area contributed by atoms with Gasteiger partial charge in [0.15, 0.2) is 0 Å². The van der Waals surface area contributed by atoms with Crippen LogP contribution in [0.1, 0.15) is 45.7 Å². The van der Waals surface area contributed by atoms with Crippen molar-refractivity contribution in [3.8, 4) is 0 Å². The fourth-order valence-corrected chi connectivity index (χ4v) is 4.24. The lowest BCUT2D eigenvalue weighted by Crippen LogP contribution is -2.36. The van der Waals surface area contributed by atoms with Crippen molar-refractivity contribution in [1.29, 1.82) is 0 Å². The smallest absolute Gasteiger partial charge is 0.410 e. The van der Waals surface area contributed by atoms with Crippen LogP contribution >= 0.6 is 34.5 Å². The number of likely N-dealkylation sites (tertiary alicyclic amines) is 1. The van der Waals surface area contributed by atoms with Crippen LogP contribution in [-0.2, 0) is 4.74 Å². The summed E-state index contributed by atoms with van der Waals surface area (Å²) < 4.78 is 6.86. The van der Waals surface area contributed by atoms with Crippen LogP contribution in [0.4, 0.5) is 4.79 Å². The normalized spacial score (nSPS) is 19.9. The zero-order valence-electron chi connectivity index (χ0n) is 14.0. The molecule has 0 saturated carbocycles. The Bertz CT molecular complexity index is 557. The highest BCUT2D eigenvalue weighted by atomic mass is 35.5. The lowest BCUT2D eigenvalue weighted by molar-refractivity contribution is 0.0288. The molecule has 2 atom stereocenters. The van der Waals surface area contributed by atoms with Crippen LogP contribution in [-0.4, -0.2) is 36.2 Å². The van der Waals surface area contributed by atoms with Crippen molar-refractivity contribution in [3.05, 3.63) is 20.3 Å². The van der Waals surface area contributed by atoms with E-state index in [0.29, 0.717) is 10.3 Å². The minimum absolute atomic E-state index is 0.141. The predicted octanol–water partition coefficient (Wildman–Crippen LogP) is 4.96. The van der Waals surface area contributed by atoms with Gasteiger partial charge in [0.1, 0.15) is 5.60 Å². The first-order valence-corrected chi connectivity index (χ1v) is 9.39. The number of carbonyl (C=O) groups excluding carboxylic acids is 1. The lowest BCUT2D eigenvalue weighted by atomic mass is 10.1. The van der Waals surface area contributed by atoms with Crippen LogP contribution in [0.2, 0.25) is 8.67 Å². The van der Waals surface area contributed by atoms with Crippen LogP contribution in [0.25, 0.3) is 0 Å². The van der Waals surface area contributed by atoms with E-state index in [9.17, 15) is 4.79 Å². The molecule has 1 amide bonds. The van der Waals surface area contributed by atoms with Crippen molar-refractivity contribution in [2.75, 3.05) is 19.6 Å². The van der Waals surface area contributed by atoms with Crippen LogP contribution < -0.4 is 5.32 Å². The van der Waals surface area contributed by atoms with Gasteiger partial charge in [-0.3, -0.25) is 0 Å². The quantitative estimate of drug-likeness (QED) is 0.804. The van der Waals surface area contributed by atoms with Gasteiger partial charge in [0, 0.05) is 25.7 Å². The van der Waals surface area contributed by atoms with Gasteiger partial charge in [0.05, 0.1) is 8.67 Å². The number of ether oxygens (including phenoxy) is 1. The Balaban J connectivity index is 1.80. The Morgan fingerprint density at radius 3 is 2.78 bits per heavy atom. The number of thiophene rings is 1. The van der Waals surface area contributed by atoms with Gasteiger partial charge in [-0.2, -0.15) is 0 Å². The molecule has 2 rings (SSSR count). The molecule has 4 nitrogen and oxygen atoms in total. The molecule has 0 radical (unpaired) electrons. The van der Waals surface area contributed by atoms with E-state index in [-0.39, 0.29) is 12.1 Å². The van der Waals surface area contributed by atoms with Gasteiger partial charge in [-0.25, -0.2) is 4.79 Å². The summed E-state index contributed by atoms with van der Waals surface area (Å²) >= 11 is 13.6. The minimum Gasteiger partial charge on any atom is -0.444 e. The molecular formula is C16H24Cl2N2O2S.